The van der Waals surface area contributed by atoms with Crippen LogP contribution >= 0.6 is 34.2 Å². The van der Waals surface area contributed by atoms with E-state index in [4.69, 9.17) is 17.3 Å². The molecule has 0 unspecified atom stereocenters. The van der Waals surface area contributed by atoms with E-state index in [0.717, 1.165) is 10.6 Å². The molecule has 1 aromatic rings. The van der Waals surface area contributed by atoms with Gasteiger partial charge in [-0.15, -0.1) is 0 Å². The molecule has 1 aromatic carbocycles. The summed E-state index contributed by atoms with van der Waals surface area (Å²) in [5, 5.41) is 0.765. The van der Waals surface area contributed by atoms with Gasteiger partial charge in [0.1, 0.15) is 0 Å². The summed E-state index contributed by atoms with van der Waals surface area (Å²) in [6.45, 7) is 4.20. The van der Waals surface area contributed by atoms with Crippen LogP contribution in [0.2, 0.25) is 5.02 Å². The van der Waals surface area contributed by atoms with Crippen LogP contribution in [0.5, 0.6) is 0 Å². The van der Waals surface area contributed by atoms with Crippen LogP contribution in [0.1, 0.15) is 25.5 Å². The minimum Gasteiger partial charge on any atom is -0.324 e. The minimum atomic E-state index is 0.0298. The van der Waals surface area contributed by atoms with Crippen molar-refractivity contribution in [1.29, 1.82) is 0 Å². The van der Waals surface area contributed by atoms with Crippen molar-refractivity contribution < 1.29 is 0 Å². The molecule has 0 aliphatic rings. The van der Waals surface area contributed by atoms with Crippen molar-refractivity contribution in [2.45, 2.75) is 19.9 Å². The molecule has 13 heavy (non-hydrogen) atoms. The lowest BCUT2D eigenvalue weighted by Gasteiger charge is -2.17. The van der Waals surface area contributed by atoms with Gasteiger partial charge in [0.15, 0.2) is 0 Å². The lowest BCUT2D eigenvalue weighted by atomic mass is 9.97. The number of hydrogen-bond acceptors (Lipinski definition) is 1. The van der Waals surface area contributed by atoms with Gasteiger partial charge in [-0.05, 0) is 52.3 Å². The summed E-state index contributed by atoms with van der Waals surface area (Å²) < 4.78 is 1.17. The molecule has 0 heterocycles. The van der Waals surface area contributed by atoms with E-state index in [1.807, 2.05) is 18.2 Å². The van der Waals surface area contributed by atoms with Crippen molar-refractivity contribution in [3.05, 3.63) is 32.4 Å². The molecule has 0 radical (unpaired) electrons. The third-order valence-corrected chi connectivity index (χ3v) is 3.05. The predicted molar refractivity (Wildman–Crippen MR) is 65.9 cm³/mol. The molecule has 3 heteroatoms. The van der Waals surface area contributed by atoms with Gasteiger partial charge in [-0.3, -0.25) is 0 Å². The zero-order valence-corrected chi connectivity index (χ0v) is 10.6. The molecule has 0 saturated heterocycles. The fourth-order valence-corrected chi connectivity index (χ4v) is 1.89. The quantitative estimate of drug-likeness (QED) is 0.830. The molecule has 1 nitrogen and oxygen atoms in total. The molecule has 0 spiro atoms. The van der Waals surface area contributed by atoms with Gasteiger partial charge >= 0.3 is 0 Å². The SMILES string of the molecule is CC(C)[C@@H](N)c1cc(I)ccc1Cl. The highest BCUT2D eigenvalue weighted by Crippen LogP contribution is 2.27. The first-order chi connectivity index (χ1) is 6.02. The maximum Gasteiger partial charge on any atom is 0.0454 e. The van der Waals surface area contributed by atoms with Gasteiger partial charge in [0.05, 0.1) is 0 Å². The molecule has 0 amide bonds. The van der Waals surface area contributed by atoms with Gasteiger partial charge in [0.2, 0.25) is 0 Å². The van der Waals surface area contributed by atoms with Gasteiger partial charge in [0.25, 0.3) is 0 Å². The highest BCUT2D eigenvalue weighted by atomic mass is 127. The summed E-state index contributed by atoms with van der Waals surface area (Å²) in [6, 6.07) is 5.97. The van der Waals surface area contributed by atoms with E-state index >= 15 is 0 Å². The van der Waals surface area contributed by atoms with E-state index in [-0.39, 0.29) is 6.04 Å². The Kier molecular flexibility index (Phi) is 4.01. The van der Waals surface area contributed by atoms with E-state index in [0.29, 0.717) is 5.92 Å². The van der Waals surface area contributed by atoms with Crippen LogP contribution in [-0.4, -0.2) is 0 Å². The van der Waals surface area contributed by atoms with Gasteiger partial charge in [-0.25, -0.2) is 0 Å². The topological polar surface area (TPSA) is 26.0 Å². The van der Waals surface area contributed by atoms with Crippen molar-refractivity contribution in [3.63, 3.8) is 0 Å². The van der Waals surface area contributed by atoms with Crippen LogP contribution in [0.25, 0.3) is 0 Å². The fraction of sp³-hybridized carbons (Fsp3) is 0.400. The first-order valence-corrected chi connectivity index (χ1v) is 5.68. The standard InChI is InChI=1S/C10H13ClIN/c1-6(2)10(13)8-5-7(12)3-4-9(8)11/h3-6,10H,13H2,1-2H3/t10-/m1/s1. The minimum absolute atomic E-state index is 0.0298. The average Bonchev–Trinajstić information content (AvgIpc) is 2.08. The summed E-state index contributed by atoms with van der Waals surface area (Å²) in [7, 11) is 0. The number of rotatable bonds is 2. The van der Waals surface area contributed by atoms with Crippen molar-refractivity contribution in [2.24, 2.45) is 11.7 Å². The molecule has 1 atom stereocenters. The van der Waals surface area contributed by atoms with E-state index in [9.17, 15) is 0 Å². The number of nitrogens with two attached hydrogens (primary N) is 1. The molecule has 0 aromatic heterocycles. The Hall–Kier alpha value is 0.200. The Morgan fingerprint density at radius 1 is 1.38 bits per heavy atom. The zero-order valence-electron chi connectivity index (χ0n) is 7.72. The van der Waals surface area contributed by atoms with Crippen LogP contribution in [0.3, 0.4) is 0 Å². The fourth-order valence-electron chi connectivity index (χ4n) is 1.13. The number of hydrogen-bond donors (Lipinski definition) is 1. The second-order valence-corrected chi connectivity index (χ2v) is 5.09. The highest BCUT2D eigenvalue weighted by molar-refractivity contribution is 14.1. The molecular formula is C10H13ClIN. The van der Waals surface area contributed by atoms with Gasteiger partial charge in [-0.1, -0.05) is 25.4 Å². The normalized spacial score (nSPS) is 13.4. The lowest BCUT2D eigenvalue weighted by molar-refractivity contribution is 0.514. The van der Waals surface area contributed by atoms with E-state index in [1.54, 1.807) is 0 Å². The van der Waals surface area contributed by atoms with Crippen LogP contribution in [-0.2, 0) is 0 Å². The maximum absolute atomic E-state index is 6.05. The Morgan fingerprint density at radius 2 is 2.00 bits per heavy atom. The molecule has 0 bridgehead atoms. The summed E-state index contributed by atoms with van der Waals surface area (Å²) in [5.41, 5.74) is 7.06. The largest absolute Gasteiger partial charge is 0.324 e. The summed E-state index contributed by atoms with van der Waals surface area (Å²) >= 11 is 8.32. The molecular weight excluding hydrogens is 296 g/mol. The Morgan fingerprint density at radius 3 is 2.54 bits per heavy atom. The van der Waals surface area contributed by atoms with Crippen LogP contribution in [0.4, 0.5) is 0 Å². The van der Waals surface area contributed by atoms with Crippen LogP contribution in [0, 0.1) is 9.49 Å². The molecule has 0 aliphatic carbocycles. The first-order valence-electron chi connectivity index (χ1n) is 4.23. The molecule has 0 fully saturated rings. The van der Waals surface area contributed by atoms with Gasteiger partial charge in [0, 0.05) is 14.6 Å². The third kappa shape index (κ3) is 2.82. The highest BCUT2D eigenvalue weighted by Gasteiger charge is 2.13. The van der Waals surface area contributed by atoms with Gasteiger partial charge in [-0.2, -0.15) is 0 Å². The molecule has 0 saturated carbocycles. The van der Waals surface area contributed by atoms with Crippen LogP contribution < -0.4 is 5.73 Å². The average molecular weight is 310 g/mol. The molecule has 1 rings (SSSR count). The van der Waals surface area contributed by atoms with E-state index < -0.39 is 0 Å². The van der Waals surface area contributed by atoms with Crippen molar-refractivity contribution >= 4 is 34.2 Å². The Balaban J connectivity index is 3.05. The monoisotopic (exact) mass is 309 g/mol. The maximum atomic E-state index is 6.05. The third-order valence-electron chi connectivity index (χ3n) is 2.04. The first kappa shape index (κ1) is 11.3. The van der Waals surface area contributed by atoms with E-state index in [1.165, 1.54) is 3.57 Å². The van der Waals surface area contributed by atoms with Crippen molar-refractivity contribution in [3.8, 4) is 0 Å². The number of halogens is 2. The molecule has 2 N–H and O–H groups in total. The summed E-state index contributed by atoms with van der Waals surface area (Å²) in [6.07, 6.45) is 0. The van der Waals surface area contributed by atoms with Gasteiger partial charge < -0.3 is 5.73 Å². The Bertz CT molecular complexity index is 299. The smallest absolute Gasteiger partial charge is 0.0454 e. The van der Waals surface area contributed by atoms with Crippen molar-refractivity contribution in [2.75, 3.05) is 0 Å². The second kappa shape index (κ2) is 4.62. The predicted octanol–water partition coefficient (Wildman–Crippen LogP) is 3.60. The van der Waals surface area contributed by atoms with Crippen LogP contribution in [0.15, 0.2) is 18.2 Å². The molecule has 0 aliphatic heterocycles. The van der Waals surface area contributed by atoms with Crippen molar-refractivity contribution in [1.82, 2.24) is 0 Å². The Labute approximate surface area is 97.8 Å². The number of benzene rings is 1. The zero-order chi connectivity index (χ0) is 10.0. The summed E-state index contributed by atoms with van der Waals surface area (Å²) in [5.74, 6) is 0.413. The second-order valence-electron chi connectivity index (χ2n) is 3.44. The molecule has 72 valence electrons. The lowest BCUT2D eigenvalue weighted by Crippen LogP contribution is -2.17. The summed E-state index contributed by atoms with van der Waals surface area (Å²) in [4.78, 5) is 0. The van der Waals surface area contributed by atoms with E-state index in [2.05, 4.69) is 36.4 Å².